The van der Waals surface area contributed by atoms with Crippen molar-refractivity contribution in [3.63, 3.8) is 0 Å². The lowest BCUT2D eigenvalue weighted by atomic mass is 10.1. The summed E-state index contributed by atoms with van der Waals surface area (Å²) in [5.74, 6) is -0.0328. The average Bonchev–Trinajstić information content (AvgIpc) is 3.14. The first kappa shape index (κ1) is 18.0. The Morgan fingerprint density at radius 3 is 2.25 bits per heavy atom. The standard InChI is InChI=1S/C22H17NO4S/c1-27-21-14-8-6-12-18(21)22(24)20-15-16-9-5-7-13-19(16)23(20)28(25,26)17-10-3-2-4-11-17/h2-15H,1H3. The van der Waals surface area contributed by atoms with Gasteiger partial charge in [0, 0.05) is 5.39 Å². The molecular weight excluding hydrogens is 374 g/mol. The highest BCUT2D eigenvalue weighted by Crippen LogP contribution is 2.29. The Bertz CT molecular complexity index is 1270. The zero-order chi connectivity index (χ0) is 19.7. The number of ether oxygens (including phenoxy) is 1. The molecule has 0 atom stereocenters. The third-order valence-electron chi connectivity index (χ3n) is 4.53. The summed E-state index contributed by atoms with van der Waals surface area (Å²) in [5.41, 5.74) is 0.816. The van der Waals surface area contributed by atoms with Crippen LogP contribution in [0.15, 0.2) is 89.8 Å². The Morgan fingerprint density at radius 1 is 0.857 bits per heavy atom. The van der Waals surface area contributed by atoms with Gasteiger partial charge in [0.25, 0.3) is 10.0 Å². The number of fused-ring (bicyclic) bond motifs is 1. The number of ketones is 1. The molecule has 0 aliphatic rings. The molecule has 0 unspecified atom stereocenters. The van der Waals surface area contributed by atoms with E-state index in [0.717, 1.165) is 3.97 Å². The van der Waals surface area contributed by atoms with Crippen LogP contribution in [-0.2, 0) is 10.0 Å². The Kier molecular flexibility index (Phi) is 4.49. The first-order valence-electron chi connectivity index (χ1n) is 8.63. The maximum atomic E-state index is 13.4. The van der Waals surface area contributed by atoms with E-state index in [0.29, 0.717) is 22.2 Å². The fourth-order valence-corrected chi connectivity index (χ4v) is 4.75. The van der Waals surface area contributed by atoms with Crippen LogP contribution in [0.3, 0.4) is 0 Å². The molecule has 0 fully saturated rings. The van der Waals surface area contributed by atoms with Crippen LogP contribution >= 0.6 is 0 Å². The van der Waals surface area contributed by atoms with Gasteiger partial charge < -0.3 is 4.74 Å². The number of benzene rings is 3. The maximum Gasteiger partial charge on any atom is 0.268 e. The van der Waals surface area contributed by atoms with Crippen molar-refractivity contribution < 1.29 is 17.9 Å². The van der Waals surface area contributed by atoms with Gasteiger partial charge in [0.15, 0.2) is 0 Å². The second-order valence-corrected chi connectivity index (χ2v) is 7.99. The lowest BCUT2D eigenvalue weighted by Crippen LogP contribution is -2.19. The summed E-state index contributed by atoms with van der Waals surface area (Å²) in [5, 5.41) is 0.667. The van der Waals surface area contributed by atoms with Gasteiger partial charge in [-0.2, -0.15) is 0 Å². The molecule has 0 N–H and O–H groups in total. The second-order valence-electron chi connectivity index (χ2n) is 6.20. The minimum Gasteiger partial charge on any atom is -0.496 e. The quantitative estimate of drug-likeness (QED) is 0.480. The van der Waals surface area contributed by atoms with Gasteiger partial charge >= 0.3 is 0 Å². The van der Waals surface area contributed by atoms with E-state index in [1.807, 2.05) is 0 Å². The lowest BCUT2D eigenvalue weighted by Gasteiger charge is -2.12. The Balaban J connectivity index is 2.01. The van der Waals surface area contributed by atoms with Gasteiger partial charge in [-0.15, -0.1) is 0 Å². The first-order valence-corrected chi connectivity index (χ1v) is 10.1. The van der Waals surface area contributed by atoms with Gasteiger partial charge in [-0.25, -0.2) is 12.4 Å². The number of methoxy groups -OCH3 is 1. The number of hydrogen-bond donors (Lipinski definition) is 0. The van der Waals surface area contributed by atoms with Crippen molar-refractivity contribution in [2.75, 3.05) is 7.11 Å². The van der Waals surface area contributed by atoms with Gasteiger partial charge in [-0.1, -0.05) is 48.5 Å². The zero-order valence-corrected chi connectivity index (χ0v) is 15.9. The molecule has 0 radical (unpaired) electrons. The van der Waals surface area contributed by atoms with Gasteiger partial charge in [-0.3, -0.25) is 4.79 Å². The summed E-state index contributed by atoms with van der Waals surface area (Å²) in [4.78, 5) is 13.4. The van der Waals surface area contributed by atoms with Crippen LogP contribution in [0, 0.1) is 0 Å². The number of carbonyl (C=O) groups is 1. The SMILES string of the molecule is COc1ccccc1C(=O)c1cc2ccccc2n1S(=O)(=O)c1ccccc1. The van der Waals surface area contributed by atoms with Crippen LogP contribution in [0.5, 0.6) is 5.75 Å². The number of aromatic nitrogens is 1. The molecule has 0 saturated heterocycles. The van der Waals surface area contributed by atoms with Crippen LogP contribution in [0.2, 0.25) is 0 Å². The fourth-order valence-electron chi connectivity index (χ4n) is 3.22. The third-order valence-corrected chi connectivity index (χ3v) is 6.27. The van der Waals surface area contributed by atoms with Gasteiger partial charge in [0.1, 0.15) is 11.4 Å². The molecule has 0 saturated carbocycles. The van der Waals surface area contributed by atoms with Crippen molar-refractivity contribution in [2.45, 2.75) is 4.90 Å². The summed E-state index contributed by atoms with van der Waals surface area (Å²) >= 11 is 0. The van der Waals surface area contributed by atoms with Crippen LogP contribution in [0.25, 0.3) is 10.9 Å². The maximum absolute atomic E-state index is 13.4. The summed E-state index contributed by atoms with van der Waals surface area (Å²) in [6, 6.07) is 23.5. The molecule has 4 aromatic rings. The zero-order valence-electron chi connectivity index (χ0n) is 15.1. The molecule has 4 rings (SSSR count). The number of nitrogens with zero attached hydrogens (tertiary/aromatic N) is 1. The van der Waals surface area contributed by atoms with Crippen molar-refractivity contribution >= 4 is 26.7 Å². The fraction of sp³-hybridized carbons (Fsp3) is 0.0455. The smallest absolute Gasteiger partial charge is 0.268 e. The van der Waals surface area contributed by atoms with E-state index in [1.54, 1.807) is 72.8 Å². The summed E-state index contributed by atoms with van der Waals surface area (Å²) in [6.07, 6.45) is 0. The molecule has 0 amide bonds. The largest absolute Gasteiger partial charge is 0.496 e. The monoisotopic (exact) mass is 391 g/mol. The molecule has 6 heteroatoms. The highest BCUT2D eigenvalue weighted by molar-refractivity contribution is 7.90. The Labute approximate surface area is 162 Å². The number of para-hydroxylation sites is 2. The van der Waals surface area contributed by atoms with Crippen LogP contribution in [-0.4, -0.2) is 25.3 Å². The van der Waals surface area contributed by atoms with E-state index < -0.39 is 15.8 Å². The molecule has 28 heavy (non-hydrogen) atoms. The minimum atomic E-state index is -3.97. The first-order chi connectivity index (χ1) is 13.5. The molecule has 0 spiro atoms. The van der Waals surface area contributed by atoms with E-state index in [4.69, 9.17) is 4.74 Å². The molecule has 0 aliphatic carbocycles. The van der Waals surface area contributed by atoms with Crippen LogP contribution in [0.4, 0.5) is 0 Å². The normalized spacial score (nSPS) is 11.5. The summed E-state index contributed by atoms with van der Waals surface area (Å²) < 4.78 is 33.2. The van der Waals surface area contributed by atoms with Crippen molar-refractivity contribution in [1.29, 1.82) is 0 Å². The Hall–Kier alpha value is -3.38. The lowest BCUT2D eigenvalue weighted by molar-refractivity contribution is 0.103. The average molecular weight is 391 g/mol. The number of carbonyl (C=O) groups excluding carboxylic acids is 1. The van der Waals surface area contributed by atoms with E-state index in [1.165, 1.54) is 19.2 Å². The molecule has 1 aromatic heterocycles. The third kappa shape index (κ3) is 2.88. The van der Waals surface area contributed by atoms with Gasteiger partial charge in [-0.05, 0) is 36.4 Å². The van der Waals surface area contributed by atoms with E-state index in [2.05, 4.69) is 0 Å². The van der Waals surface area contributed by atoms with Crippen LogP contribution in [0.1, 0.15) is 16.1 Å². The molecule has 140 valence electrons. The summed E-state index contributed by atoms with van der Waals surface area (Å²) in [6.45, 7) is 0. The van der Waals surface area contributed by atoms with Crippen molar-refractivity contribution in [3.05, 3.63) is 96.2 Å². The molecule has 0 aliphatic heterocycles. The molecule has 3 aromatic carbocycles. The van der Waals surface area contributed by atoms with Crippen molar-refractivity contribution in [3.8, 4) is 5.75 Å². The van der Waals surface area contributed by atoms with E-state index in [-0.39, 0.29) is 10.6 Å². The minimum absolute atomic E-state index is 0.0644. The molecule has 0 bridgehead atoms. The Morgan fingerprint density at radius 2 is 1.50 bits per heavy atom. The molecule has 1 heterocycles. The number of rotatable bonds is 5. The second kappa shape index (κ2) is 6.98. The van der Waals surface area contributed by atoms with Gasteiger partial charge in [0.2, 0.25) is 5.78 Å². The van der Waals surface area contributed by atoms with Crippen molar-refractivity contribution in [1.82, 2.24) is 3.97 Å². The van der Waals surface area contributed by atoms with E-state index >= 15 is 0 Å². The predicted octanol–water partition coefficient (Wildman–Crippen LogP) is 4.12. The topological polar surface area (TPSA) is 65.4 Å². The number of hydrogen-bond acceptors (Lipinski definition) is 4. The molecular formula is C22H17NO4S. The summed E-state index contributed by atoms with van der Waals surface area (Å²) in [7, 11) is -2.50. The molecule has 5 nitrogen and oxygen atoms in total. The van der Waals surface area contributed by atoms with Gasteiger partial charge in [0.05, 0.1) is 23.1 Å². The van der Waals surface area contributed by atoms with E-state index in [9.17, 15) is 13.2 Å². The van der Waals surface area contributed by atoms with Crippen molar-refractivity contribution in [2.24, 2.45) is 0 Å². The highest BCUT2D eigenvalue weighted by atomic mass is 32.2. The van der Waals surface area contributed by atoms with Crippen LogP contribution < -0.4 is 4.74 Å². The highest BCUT2D eigenvalue weighted by Gasteiger charge is 2.27. The predicted molar refractivity (Wildman–Crippen MR) is 107 cm³/mol.